The molecule has 19 heavy (non-hydrogen) atoms. The Hall–Kier alpha value is -0.650. The fourth-order valence-corrected chi connectivity index (χ4v) is 3.27. The first-order valence-corrected chi connectivity index (χ1v) is 7.33. The molecule has 0 aliphatic carbocycles. The van der Waals surface area contributed by atoms with Crippen LogP contribution in [0, 0.1) is 17.0 Å². The molecule has 0 saturated carbocycles. The molecule has 2 heterocycles. The van der Waals surface area contributed by atoms with Crippen molar-refractivity contribution in [3.05, 3.63) is 5.21 Å². The summed E-state index contributed by atoms with van der Waals surface area (Å²) in [5, 5.41) is 12.8. The van der Waals surface area contributed by atoms with Crippen LogP contribution >= 0.6 is 0 Å². The minimum absolute atomic E-state index is 0.148. The Balaban J connectivity index is 2.02. The van der Waals surface area contributed by atoms with Crippen molar-refractivity contribution in [3.8, 4) is 0 Å². The highest BCUT2D eigenvalue weighted by Gasteiger charge is 2.38. The molecule has 2 N–H and O–H groups in total. The second-order valence-electron chi connectivity index (χ2n) is 6.65. The maximum absolute atomic E-state index is 12.7. The van der Waals surface area contributed by atoms with E-state index in [1.807, 2.05) is 18.7 Å². The lowest BCUT2D eigenvalue weighted by Gasteiger charge is -2.48. The molecule has 1 amide bonds. The Morgan fingerprint density at radius 2 is 1.84 bits per heavy atom. The lowest BCUT2D eigenvalue weighted by molar-refractivity contribution is -0.142. The highest BCUT2D eigenvalue weighted by atomic mass is 16.5. The number of carbonyl (C=O) groups excluding carboxylic acids is 1. The lowest BCUT2D eigenvalue weighted by atomic mass is 9.80. The van der Waals surface area contributed by atoms with E-state index >= 15 is 0 Å². The van der Waals surface area contributed by atoms with E-state index in [0.29, 0.717) is 12.5 Å². The monoisotopic (exact) mass is 268 g/mol. The van der Waals surface area contributed by atoms with Crippen molar-refractivity contribution in [3.63, 3.8) is 0 Å². The standard InChI is InChI=1S/C14H26N3O2/c1-10-4-7-17(19)11(2)12(10)13(18)16-8-5-14(3,15)6-9-16/h10-12H,4-9,15H2,1-3H3/q-1/t10?,11-,12?/m1/s1. The second-order valence-corrected chi connectivity index (χ2v) is 6.65. The molecule has 2 saturated heterocycles. The van der Waals surface area contributed by atoms with Gasteiger partial charge in [-0.1, -0.05) is 6.92 Å². The molecule has 0 spiro atoms. The highest BCUT2D eigenvalue weighted by Crippen LogP contribution is 2.31. The Kier molecular flexibility index (Phi) is 4.18. The predicted octanol–water partition coefficient (Wildman–Crippen LogP) is 1.17. The van der Waals surface area contributed by atoms with Crippen LogP contribution in [0.2, 0.25) is 0 Å². The Labute approximate surface area is 115 Å². The number of hydrogen-bond acceptors (Lipinski definition) is 4. The van der Waals surface area contributed by atoms with Gasteiger partial charge in [-0.25, -0.2) is 0 Å². The highest BCUT2D eigenvalue weighted by molar-refractivity contribution is 5.80. The zero-order valence-corrected chi connectivity index (χ0v) is 12.3. The summed E-state index contributed by atoms with van der Waals surface area (Å²) in [5.74, 6) is 0.281. The summed E-state index contributed by atoms with van der Waals surface area (Å²) in [6, 6.07) is -0.206. The molecule has 110 valence electrons. The molecule has 0 radical (unpaired) electrons. The van der Waals surface area contributed by atoms with Crippen LogP contribution in [0.4, 0.5) is 0 Å². The molecule has 0 aromatic heterocycles. The van der Waals surface area contributed by atoms with Crippen molar-refractivity contribution in [2.24, 2.45) is 17.6 Å². The average Bonchev–Trinajstić information content (AvgIpc) is 2.34. The van der Waals surface area contributed by atoms with Crippen molar-refractivity contribution >= 4 is 5.91 Å². The van der Waals surface area contributed by atoms with Gasteiger partial charge in [0, 0.05) is 24.7 Å². The summed E-state index contributed by atoms with van der Waals surface area (Å²) in [6.07, 6.45) is 2.50. The van der Waals surface area contributed by atoms with Gasteiger partial charge in [0.1, 0.15) is 0 Å². The molecule has 2 rings (SSSR count). The number of nitrogens with two attached hydrogens (primary N) is 1. The molecule has 0 bridgehead atoms. The summed E-state index contributed by atoms with van der Waals surface area (Å²) >= 11 is 0. The Bertz CT molecular complexity index is 336. The molecule has 2 aliphatic rings. The summed E-state index contributed by atoms with van der Waals surface area (Å²) < 4.78 is 0. The van der Waals surface area contributed by atoms with Crippen LogP contribution in [-0.2, 0) is 4.79 Å². The van der Waals surface area contributed by atoms with Crippen LogP contribution in [-0.4, -0.2) is 47.1 Å². The fourth-order valence-electron chi connectivity index (χ4n) is 3.27. The zero-order chi connectivity index (χ0) is 14.2. The zero-order valence-electron chi connectivity index (χ0n) is 12.3. The van der Waals surface area contributed by atoms with E-state index in [-0.39, 0.29) is 23.4 Å². The molecule has 2 aliphatic heterocycles. The minimum atomic E-state index is -0.206. The number of hydroxylamine groups is 2. The second kappa shape index (κ2) is 5.38. The first kappa shape index (κ1) is 14.8. The van der Waals surface area contributed by atoms with E-state index in [4.69, 9.17) is 5.73 Å². The van der Waals surface area contributed by atoms with Gasteiger partial charge >= 0.3 is 0 Å². The third-order valence-electron chi connectivity index (χ3n) is 4.89. The predicted molar refractivity (Wildman–Crippen MR) is 75.2 cm³/mol. The number of piperidine rings is 2. The van der Waals surface area contributed by atoms with Gasteiger partial charge in [0.05, 0.1) is 5.92 Å². The number of rotatable bonds is 1. The minimum Gasteiger partial charge on any atom is -0.785 e. The molecule has 2 fully saturated rings. The first-order valence-electron chi connectivity index (χ1n) is 7.33. The van der Waals surface area contributed by atoms with Crippen molar-refractivity contribution in [2.45, 2.75) is 51.6 Å². The van der Waals surface area contributed by atoms with Crippen LogP contribution in [0.5, 0.6) is 0 Å². The summed E-state index contributed by atoms with van der Waals surface area (Å²) in [4.78, 5) is 14.6. The van der Waals surface area contributed by atoms with Crippen molar-refractivity contribution in [1.29, 1.82) is 0 Å². The van der Waals surface area contributed by atoms with Gasteiger partial charge in [-0.05, 0) is 45.6 Å². The summed E-state index contributed by atoms with van der Waals surface area (Å²) in [6.45, 7) is 8.00. The van der Waals surface area contributed by atoms with Crippen molar-refractivity contribution in [1.82, 2.24) is 9.96 Å². The quantitative estimate of drug-likeness (QED) is 0.775. The van der Waals surface area contributed by atoms with Gasteiger partial charge in [0.15, 0.2) is 0 Å². The maximum Gasteiger partial charge on any atom is 0.227 e. The van der Waals surface area contributed by atoms with Gasteiger partial charge in [0.2, 0.25) is 5.91 Å². The Morgan fingerprint density at radius 1 is 1.26 bits per heavy atom. The molecule has 5 heteroatoms. The van der Waals surface area contributed by atoms with E-state index < -0.39 is 0 Å². The van der Waals surface area contributed by atoms with Gasteiger partial charge in [-0.2, -0.15) is 0 Å². The fraction of sp³-hybridized carbons (Fsp3) is 0.929. The molecular formula is C14H26N3O2-. The molecule has 3 atom stereocenters. The number of nitrogens with zero attached hydrogens (tertiary/aromatic N) is 2. The van der Waals surface area contributed by atoms with Crippen LogP contribution < -0.4 is 5.73 Å². The lowest BCUT2D eigenvalue weighted by Crippen LogP contribution is -2.55. The van der Waals surface area contributed by atoms with Crippen LogP contribution in [0.25, 0.3) is 0 Å². The Morgan fingerprint density at radius 3 is 2.42 bits per heavy atom. The van der Waals surface area contributed by atoms with E-state index in [9.17, 15) is 10.0 Å². The number of amides is 1. The van der Waals surface area contributed by atoms with Crippen LogP contribution in [0.15, 0.2) is 0 Å². The number of carbonyl (C=O) groups is 1. The van der Waals surface area contributed by atoms with E-state index in [2.05, 4.69) is 6.92 Å². The van der Waals surface area contributed by atoms with Gasteiger partial charge in [-0.3, -0.25) is 4.79 Å². The molecule has 2 unspecified atom stereocenters. The molecular weight excluding hydrogens is 242 g/mol. The third-order valence-corrected chi connectivity index (χ3v) is 4.89. The van der Waals surface area contributed by atoms with Crippen molar-refractivity contribution < 1.29 is 4.79 Å². The summed E-state index contributed by atoms with van der Waals surface area (Å²) in [5.41, 5.74) is 5.95. The summed E-state index contributed by atoms with van der Waals surface area (Å²) in [7, 11) is 0. The van der Waals surface area contributed by atoms with Gasteiger partial charge in [-0.15, -0.1) is 0 Å². The SMILES string of the molecule is CC1CCN([O-])[C@H](C)C1C(=O)N1CCC(C)(N)CC1. The van der Waals surface area contributed by atoms with Crippen molar-refractivity contribution in [2.75, 3.05) is 19.6 Å². The van der Waals surface area contributed by atoms with Gasteiger partial charge < -0.3 is 20.9 Å². The van der Waals surface area contributed by atoms with E-state index in [0.717, 1.165) is 37.4 Å². The van der Waals surface area contributed by atoms with E-state index in [1.165, 1.54) is 0 Å². The number of hydrogen-bond donors (Lipinski definition) is 1. The molecule has 5 nitrogen and oxygen atoms in total. The average molecular weight is 268 g/mol. The maximum atomic E-state index is 12.7. The molecule has 0 aromatic carbocycles. The smallest absolute Gasteiger partial charge is 0.227 e. The largest absolute Gasteiger partial charge is 0.785 e. The van der Waals surface area contributed by atoms with Crippen LogP contribution in [0.1, 0.15) is 40.0 Å². The first-order chi connectivity index (χ1) is 8.82. The van der Waals surface area contributed by atoms with Crippen LogP contribution in [0.3, 0.4) is 0 Å². The molecule has 0 aromatic rings. The third kappa shape index (κ3) is 3.09. The topological polar surface area (TPSA) is 72.6 Å². The number of likely N-dealkylation sites (tertiary alicyclic amines) is 1. The normalized spacial score (nSPS) is 36.3. The van der Waals surface area contributed by atoms with Gasteiger partial charge in [0.25, 0.3) is 0 Å². The van der Waals surface area contributed by atoms with E-state index in [1.54, 1.807) is 0 Å².